The fourth-order valence-corrected chi connectivity index (χ4v) is 12.1. The van der Waals surface area contributed by atoms with Crippen LogP contribution in [0.3, 0.4) is 0 Å². The zero-order chi connectivity index (χ0) is 36.6. The van der Waals surface area contributed by atoms with Crippen molar-refractivity contribution in [3.63, 3.8) is 0 Å². The molecule has 0 atom stereocenters. The molecule has 0 radical (unpaired) electrons. The Kier molecular flexibility index (Phi) is 7.08. The second-order valence-corrected chi connectivity index (χ2v) is 17.3. The van der Waals surface area contributed by atoms with Crippen LogP contribution in [-0.4, -0.2) is 4.98 Å². The van der Waals surface area contributed by atoms with E-state index in [4.69, 9.17) is 4.98 Å². The standard InChI is InChI=1S/C52H34NOP/c54-55(38-17-3-1-4-18-38,39-19-5-2-6-20-39)40-21-15-16-37(34-40)35-30-32-36(33-31-35)50-44-25-8-7-24-43(44)49-51(53-50)45-26-11-14-29-48(45)52(49)46-27-12-9-22-41(46)42-23-10-13-28-47(42)52/h1-34H. The molecule has 2 aliphatic carbocycles. The molecule has 1 heterocycles. The second kappa shape index (κ2) is 12.2. The van der Waals surface area contributed by atoms with Crippen molar-refractivity contribution in [1.29, 1.82) is 0 Å². The van der Waals surface area contributed by atoms with E-state index in [0.717, 1.165) is 49.4 Å². The summed E-state index contributed by atoms with van der Waals surface area (Å²) in [6.45, 7) is 0. The van der Waals surface area contributed by atoms with Gasteiger partial charge in [-0.2, -0.15) is 0 Å². The van der Waals surface area contributed by atoms with E-state index < -0.39 is 12.6 Å². The van der Waals surface area contributed by atoms with E-state index in [2.05, 4.69) is 133 Å². The van der Waals surface area contributed by atoms with Crippen LogP contribution in [0.4, 0.5) is 0 Å². The first-order valence-corrected chi connectivity index (χ1v) is 20.5. The molecule has 0 saturated heterocycles. The summed E-state index contributed by atoms with van der Waals surface area (Å²) in [5, 5.41) is 4.84. The highest BCUT2D eigenvalue weighted by Gasteiger charge is 2.53. The lowest BCUT2D eigenvalue weighted by atomic mass is 9.69. The molecule has 0 aliphatic heterocycles. The van der Waals surface area contributed by atoms with Gasteiger partial charge in [-0.3, -0.25) is 0 Å². The Morgan fingerprint density at radius 3 is 1.45 bits per heavy atom. The zero-order valence-corrected chi connectivity index (χ0v) is 30.8. The Morgan fingerprint density at radius 2 is 0.836 bits per heavy atom. The highest BCUT2D eigenvalue weighted by Crippen LogP contribution is 2.64. The summed E-state index contributed by atoms with van der Waals surface area (Å²) >= 11 is 0. The Balaban J connectivity index is 1.07. The highest BCUT2D eigenvalue weighted by atomic mass is 31.2. The summed E-state index contributed by atoms with van der Waals surface area (Å²) in [5.41, 5.74) is 13.7. The number of pyridine rings is 1. The van der Waals surface area contributed by atoms with Crippen LogP contribution >= 0.6 is 7.14 Å². The monoisotopic (exact) mass is 719 g/mol. The van der Waals surface area contributed by atoms with Crippen LogP contribution < -0.4 is 15.9 Å². The van der Waals surface area contributed by atoms with Crippen LogP contribution in [0.15, 0.2) is 206 Å². The summed E-state index contributed by atoms with van der Waals surface area (Å²) in [6, 6.07) is 72.2. The molecule has 258 valence electrons. The number of hydrogen-bond acceptors (Lipinski definition) is 2. The fraction of sp³-hybridized carbons (Fsp3) is 0.0192. The van der Waals surface area contributed by atoms with Gasteiger partial charge in [-0.05, 0) is 50.4 Å². The Morgan fingerprint density at radius 1 is 0.364 bits per heavy atom. The van der Waals surface area contributed by atoms with Crippen molar-refractivity contribution in [3.8, 4) is 44.8 Å². The van der Waals surface area contributed by atoms with Gasteiger partial charge in [0.25, 0.3) is 0 Å². The van der Waals surface area contributed by atoms with E-state index in [1.54, 1.807) is 0 Å². The number of rotatable bonds is 5. The minimum atomic E-state index is -3.11. The summed E-state index contributed by atoms with van der Waals surface area (Å²) < 4.78 is 15.2. The normalized spacial score (nSPS) is 13.3. The first kappa shape index (κ1) is 31.9. The number of fused-ring (bicyclic) bond motifs is 12. The number of aromatic nitrogens is 1. The van der Waals surface area contributed by atoms with Gasteiger partial charge in [0.05, 0.1) is 16.8 Å². The molecule has 0 fully saturated rings. The van der Waals surface area contributed by atoms with Crippen LogP contribution in [0, 0.1) is 0 Å². The third kappa shape index (κ3) is 4.50. The van der Waals surface area contributed by atoms with E-state index in [1.807, 2.05) is 72.8 Å². The summed E-state index contributed by atoms with van der Waals surface area (Å²) in [5.74, 6) is 0. The average molecular weight is 720 g/mol. The van der Waals surface area contributed by atoms with Crippen molar-refractivity contribution >= 4 is 33.8 Å². The second-order valence-electron chi connectivity index (χ2n) is 14.5. The van der Waals surface area contributed by atoms with Crippen molar-refractivity contribution in [1.82, 2.24) is 4.98 Å². The molecule has 0 saturated carbocycles. The maximum atomic E-state index is 15.2. The molecule has 55 heavy (non-hydrogen) atoms. The van der Waals surface area contributed by atoms with Gasteiger partial charge < -0.3 is 4.57 Å². The molecule has 0 N–H and O–H groups in total. The van der Waals surface area contributed by atoms with Gasteiger partial charge in [0.2, 0.25) is 0 Å². The van der Waals surface area contributed by atoms with Crippen LogP contribution in [0.5, 0.6) is 0 Å². The molecule has 9 aromatic rings. The molecule has 0 amide bonds. The van der Waals surface area contributed by atoms with Crippen molar-refractivity contribution < 1.29 is 4.57 Å². The molecule has 0 bridgehead atoms. The van der Waals surface area contributed by atoms with Gasteiger partial charge in [-0.1, -0.05) is 200 Å². The van der Waals surface area contributed by atoms with Crippen molar-refractivity contribution in [2.75, 3.05) is 0 Å². The van der Waals surface area contributed by atoms with E-state index in [-0.39, 0.29) is 0 Å². The number of hydrogen-bond donors (Lipinski definition) is 0. The first-order valence-electron chi connectivity index (χ1n) is 18.8. The minimum absolute atomic E-state index is 0.460. The largest absolute Gasteiger partial charge is 0.309 e. The third-order valence-corrected chi connectivity index (χ3v) is 14.8. The molecular weight excluding hydrogens is 686 g/mol. The molecule has 2 aliphatic rings. The van der Waals surface area contributed by atoms with Gasteiger partial charge in [-0.25, -0.2) is 4.98 Å². The van der Waals surface area contributed by atoms with Crippen LogP contribution in [-0.2, 0) is 9.98 Å². The molecule has 1 spiro atoms. The van der Waals surface area contributed by atoms with E-state index in [1.165, 1.54) is 44.3 Å². The smallest absolute Gasteiger partial charge is 0.171 e. The molecular formula is C52H34NOP. The highest BCUT2D eigenvalue weighted by molar-refractivity contribution is 7.85. The van der Waals surface area contributed by atoms with Gasteiger partial charge >= 0.3 is 0 Å². The quantitative estimate of drug-likeness (QED) is 0.166. The minimum Gasteiger partial charge on any atom is -0.309 e. The molecule has 3 heteroatoms. The van der Waals surface area contributed by atoms with Crippen molar-refractivity contribution in [3.05, 3.63) is 229 Å². The lowest BCUT2D eigenvalue weighted by Gasteiger charge is -2.31. The predicted molar refractivity (Wildman–Crippen MR) is 228 cm³/mol. The number of nitrogens with zero attached hydrogens (tertiary/aromatic N) is 1. The molecule has 1 aromatic heterocycles. The predicted octanol–water partition coefficient (Wildman–Crippen LogP) is 11.6. The van der Waals surface area contributed by atoms with Gasteiger partial charge in [-0.15, -0.1) is 0 Å². The van der Waals surface area contributed by atoms with E-state index >= 15 is 4.57 Å². The SMILES string of the molecule is O=P(c1ccccc1)(c1ccccc1)c1cccc(-c2ccc(-c3nc4c(c5ccccc35)C3(c5ccccc5-c5ccccc53)c3ccccc3-4)cc2)c1. The van der Waals surface area contributed by atoms with E-state index in [0.29, 0.717) is 0 Å². The summed E-state index contributed by atoms with van der Waals surface area (Å²) in [7, 11) is -3.11. The lowest BCUT2D eigenvalue weighted by molar-refractivity contribution is 0.592. The first-order chi connectivity index (χ1) is 27.2. The Labute approximate surface area is 320 Å². The maximum Gasteiger partial charge on any atom is 0.171 e. The zero-order valence-electron chi connectivity index (χ0n) is 29.9. The topological polar surface area (TPSA) is 30.0 Å². The van der Waals surface area contributed by atoms with Gasteiger partial charge in [0, 0.05) is 38.0 Å². The maximum absolute atomic E-state index is 15.2. The Bertz CT molecular complexity index is 2920. The molecule has 2 nitrogen and oxygen atoms in total. The van der Waals surface area contributed by atoms with Crippen LogP contribution in [0.2, 0.25) is 0 Å². The van der Waals surface area contributed by atoms with Gasteiger partial charge in [0.15, 0.2) is 7.14 Å². The molecule has 0 unspecified atom stereocenters. The number of benzene rings is 8. The van der Waals surface area contributed by atoms with Crippen LogP contribution in [0.25, 0.3) is 55.5 Å². The van der Waals surface area contributed by atoms with E-state index in [9.17, 15) is 0 Å². The Hall–Kier alpha value is -6.60. The van der Waals surface area contributed by atoms with Crippen LogP contribution in [0.1, 0.15) is 22.3 Å². The molecule has 8 aromatic carbocycles. The lowest BCUT2D eigenvalue weighted by Crippen LogP contribution is -2.26. The third-order valence-electron chi connectivity index (χ3n) is 11.8. The summed E-state index contributed by atoms with van der Waals surface area (Å²) in [6.07, 6.45) is 0. The average Bonchev–Trinajstić information content (AvgIpc) is 3.74. The van der Waals surface area contributed by atoms with Crippen molar-refractivity contribution in [2.24, 2.45) is 0 Å². The summed E-state index contributed by atoms with van der Waals surface area (Å²) in [4.78, 5) is 5.64. The fourth-order valence-electron chi connectivity index (χ4n) is 9.43. The van der Waals surface area contributed by atoms with Gasteiger partial charge in [0.1, 0.15) is 0 Å². The molecule has 11 rings (SSSR count). The van der Waals surface area contributed by atoms with Crippen molar-refractivity contribution in [2.45, 2.75) is 5.41 Å².